The molecule has 0 spiro atoms. The van der Waals surface area contributed by atoms with Crippen LogP contribution in [0.15, 0.2) is 42.5 Å². The van der Waals surface area contributed by atoms with Crippen LogP contribution in [0.3, 0.4) is 0 Å². The monoisotopic (exact) mass is 233 g/mol. The first-order chi connectivity index (χ1) is 8.75. The predicted molar refractivity (Wildman–Crippen MR) is 72.3 cm³/mol. The van der Waals surface area contributed by atoms with Gasteiger partial charge in [-0.3, -0.25) is 0 Å². The number of hydrogen-bond donors (Lipinski definition) is 2. The minimum atomic E-state index is -0.194. The van der Waals surface area contributed by atoms with E-state index >= 15 is 0 Å². The van der Waals surface area contributed by atoms with Crippen LogP contribution in [-0.4, -0.2) is 10.2 Å². The van der Waals surface area contributed by atoms with Gasteiger partial charge in [-0.2, -0.15) is 0 Å². The molecule has 0 aromatic heterocycles. The second kappa shape index (κ2) is 3.05. The van der Waals surface area contributed by atoms with E-state index < -0.39 is 0 Å². The minimum Gasteiger partial charge on any atom is -0.504 e. The van der Waals surface area contributed by atoms with Crippen molar-refractivity contribution >= 4 is 32.3 Å². The van der Waals surface area contributed by atoms with E-state index in [4.69, 9.17) is 0 Å². The molecule has 4 aromatic rings. The van der Waals surface area contributed by atoms with Crippen molar-refractivity contribution in [3.05, 3.63) is 48.5 Å². The Morgan fingerprint density at radius 2 is 1.50 bits per heavy atom. The fourth-order valence-electron chi connectivity index (χ4n) is 2.70. The summed E-state index contributed by atoms with van der Waals surface area (Å²) in [5.74, 6) is -0.290. The number of rotatable bonds is 0. The normalized spacial score (nSPS) is 11.8. The quantitative estimate of drug-likeness (QED) is 0.358. The van der Waals surface area contributed by atoms with Crippen molar-refractivity contribution in [3.63, 3.8) is 0 Å². The predicted octanol–water partition coefficient (Wildman–Crippen LogP) is 3.80. The van der Waals surface area contributed by atoms with Crippen LogP contribution in [0.25, 0.3) is 32.3 Å². The van der Waals surface area contributed by atoms with Crippen molar-refractivity contribution in [1.29, 1.82) is 0 Å². The summed E-state index contributed by atoms with van der Waals surface area (Å²) in [5, 5.41) is 25.5. The van der Waals surface area contributed by atoms with E-state index in [0.29, 0.717) is 5.39 Å². The smallest absolute Gasteiger partial charge is 0.166 e. The molecule has 18 heavy (non-hydrogen) atoms. The average Bonchev–Trinajstić information content (AvgIpc) is 2.40. The zero-order valence-corrected chi connectivity index (χ0v) is 9.44. The van der Waals surface area contributed by atoms with Crippen LogP contribution in [0.2, 0.25) is 0 Å². The van der Waals surface area contributed by atoms with Crippen molar-refractivity contribution in [2.45, 2.75) is 0 Å². The van der Waals surface area contributed by atoms with Gasteiger partial charge in [-0.25, -0.2) is 0 Å². The van der Waals surface area contributed by atoms with Gasteiger partial charge in [0.15, 0.2) is 11.5 Å². The summed E-state index contributed by atoms with van der Waals surface area (Å²) in [6.07, 6.45) is 0. The van der Waals surface area contributed by atoms with E-state index in [9.17, 15) is 10.2 Å². The zero-order chi connectivity index (χ0) is 12.3. The zero-order valence-electron chi connectivity index (χ0n) is 9.44. The lowest BCUT2D eigenvalue weighted by Crippen LogP contribution is -1.84. The van der Waals surface area contributed by atoms with Crippen LogP contribution in [0.1, 0.15) is 0 Å². The molecule has 0 saturated heterocycles. The highest BCUT2D eigenvalue weighted by Gasteiger charge is 2.13. The van der Waals surface area contributed by atoms with Crippen molar-refractivity contribution in [2.75, 3.05) is 0 Å². The van der Waals surface area contributed by atoms with Gasteiger partial charge in [-0.05, 0) is 27.6 Å². The molecule has 4 aromatic carbocycles. The van der Waals surface area contributed by atoms with Gasteiger partial charge in [-0.15, -0.1) is 0 Å². The molecule has 85 valence electrons. The first kappa shape index (κ1) is 9.54. The second-order valence-electron chi connectivity index (χ2n) is 4.50. The molecule has 2 nitrogen and oxygen atoms in total. The number of hydrogen-bond acceptors (Lipinski definition) is 2. The van der Waals surface area contributed by atoms with E-state index in [2.05, 4.69) is 6.07 Å². The molecule has 0 saturated carbocycles. The lowest BCUT2D eigenvalue weighted by atomic mass is 9.94. The third-order valence-electron chi connectivity index (χ3n) is 3.51. The summed E-state index contributed by atoms with van der Waals surface area (Å²) >= 11 is 0. The molecule has 0 amide bonds. The Hall–Kier alpha value is -2.48. The molecular weight excluding hydrogens is 224 g/mol. The Balaban J connectivity index is 2.46. The molecule has 0 bridgehead atoms. The van der Waals surface area contributed by atoms with Gasteiger partial charge in [0.25, 0.3) is 0 Å². The topological polar surface area (TPSA) is 40.5 Å². The van der Waals surface area contributed by atoms with Crippen molar-refractivity contribution < 1.29 is 10.2 Å². The number of aromatic hydroxyl groups is 2. The number of benzene rings is 4. The summed E-state index contributed by atoms with van der Waals surface area (Å²) in [6, 6.07) is 16.7. The van der Waals surface area contributed by atoms with Crippen LogP contribution >= 0.6 is 0 Å². The molecule has 0 fully saturated rings. The Kier molecular flexibility index (Phi) is 1.61. The molecule has 0 aliphatic rings. The maximum absolute atomic E-state index is 9.95. The standard InChI is InChI=1S/C16H9O2/c17-13-8-11-5-4-9-2-1-3-10-6-7-12(16(13)18)15(11)14(9)10/h1-7,17-18H. The number of phenolic OH excluding ortho intramolecular Hbond substituents is 2. The van der Waals surface area contributed by atoms with Gasteiger partial charge in [0.1, 0.15) is 0 Å². The van der Waals surface area contributed by atoms with Gasteiger partial charge >= 0.3 is 0 Å². The van der Waals surface area contributed by atoms with E-state index in [1.165, 1.54) is 0 Å². The van der Waals surface area contributed by atoms with Gasteiger partial charge in [-0.1, -0.05) is 36.4 Å². The van der Waals surface area contributed by atoms with E-state index in [1.54, 1.807) is 0 Å². The summed E-state index contributed by atoms with van der Waals surface area (Å²) in [4.78, 5) is 0. The van der Waals surface area contributed by atoms with Crippen LogP contribution in [0.5, 0.6) is 11.5 Å². The highest BCUT2D eigenvalue weighted by atomic mass is 16.3. The van der Waals surface area contributed by atoms with Crippen LogP contribution in [-0.2, 0) is 0 Å². The highest BCUT2D eigenvalue weighted by molar-refractivity contribution is 6.24. The molecular formula is C16H9O2. The first-order valence-corrected chi connectivity index (χ1v) is 5.76. The molecule has 0 aliphatic carbocycles. The molecule has 4 rings (SSSR count). The summed E-state index contributed by atoms with van der Waals surface area (Å²) in [7, 11) is 0. The minimum absolute atomic E-state index is 0.0965. The van der Waals surface area contributed by atoms with Gasteiger partial charge in [0.2, 0.25) is 0 Å². The van der Waals surface area contributed by atoms with E-state index in [0.717, 1.165) is 26.9 Å². The third-order valence-corrected chi connectivity index (χ3v) is 3.51. The molecule has 0 aliphatic heterocycles. The molecule has 2 N–H and O–H groups in total. The Morgan fingerprint density at radius 3 is 2.28 bits per heavy atom. The van der Waals surface area contributed by atoms with Gasteiger partial charge in [0, 0.05) is 16.8 Å². The van der Waals surface area contributed by atoms with Crippen molar-refractivity contribution in [2.24, 2.45) is 0 Å². The van der Waals surface area contributed by atoms with Crippen LogP contribution in [0, 0.1) is 6.07 Å². The number of phenols is 2. The lowest BCUT2D eigenvalue weighted by Gasteiger charge is -2.11. The molecule has 0 unspecified atom stereocenters. The maximum Gasteiger partial charge on any atom is 0.166 e. The fraction of sp³-hybridized carbons (Fsp3) is 0. The molecule has 1 radical (unpaired) electrons. The fourth-order valence-corrected chi connectivity index (χ4v) is 2.70. The third kappa shape index (κ3) is 1.02. The van der Waals surface area contributed by atoms with Crippen LogP contribution in [0.4, 0.5) is 0 Å². The molecule has 0 atom stereocenters. The lowest BCUT2D eigenvalue weighted by molar-refractivity contribution is 0.408. The summed E-state index contributed by atoms with van der Waals surface area (Å²) in [5.41, 5.74) is 0. The molecule has 0 heterocycles. The summed E-state index contributed by atoms with van der Waals surface area (Å²) < 4.78 is 0. The Labute approximate surface area is 103 Å². The molecule has 2 heteroatoms. The van der Waals surface area contributed by atoms with E-state index in [-0.39, 0.29) is 11.5 Å². The SMILES string of the molecule is Oc1[c]c2ccc3cccc4ccc(c1O)c2c34. The summed E-state index contributed by atoms with van der Waals surface area (Å²) in [6.45, 7) is 0. The Morgan fingerprint density at radius 1 is 0.778 bits per heavy atom. The maximum atomic E-state index is 9.95. The van der Waals surface area contributed by atoms with Gasteiger partial charge in [0.05, 0.1) is 0 Å². The highest BCUT2D eigenvalue weighted by Crippen LogP contribution is 2.41. The average molecular weight is 233 g/mol. The Bertz CT molecular complexity index is 878. The van der Waals surface area contributed by atoms with Gasteiger partial charge < -0.3 is 10.2 Å². The van der Waals surface area contributed by atoms with Crippen molar-refractivity contribution in [3.8, 4) is 11.5 Å². The largest absolute Gasteiger partial charge is 0.504 e. The first-order valence-electron chi connectivity index (χ1n) is 5.76. The van der Waals surface area contributed by atoms with E-state index in [1.807, 2.05) is 42.5 Å². The van der Waals surface area contributed by atoms with Crippen molar-refractivity contribution in [1.82, 2.24) is 0 Å². The second-order valence-corrected chi connectivity index (χ2v) is 4.50. The van der Waals surface area contributed by atoms with Crippen LogP contribution < -0.4 is 0 Å².